The van der Waals surface area contributed by atoms with Crippen molar-refractivity contribution in [3.05, 3.63) is 23.3 Å². The molecule has 1 atom stereocenters. The van der Waals surface area contributed by atoms with Gasteiger partial charge < -0.3 is 15.2 Å². The third kappa shape index (κ3) is 2.09. The molecule has 0 radical (unpaired) electrons. The summed E-state index contributed by atoms with van der Waals surface area (Å²) in [6, 6.07) is 3.49. The van der Waals surface area contributed by atoms with Crippen LogP contribution in [0.2, 0.25) is 0 Å². The second-order valence-electron chi connectivity index (χ2n) is 4.57. The molecule has 3 nitrogen and oxygen atoms in total. The number of alkyl halides is 1. The van der Waals surface area contributed by atoms with E-state index in [0.717, 1.165) is 18.4 Å². The van der Waals surface area contributed by atoms with E-state index in [4.69, 9.17) is 15.2 Å². The predicted molar refractivity (Wildman–Crippen MR) is 64.2 cm³/mol. The van der Waals surface area contributed by atoms with E-state index in [1.165, 1.54) is 6.92 Å². The maximum Gasteiger partial charge on any atom is 0.161 e. The molecule has 1 aliphatic carbocycles. The fraction of sp³-hybridized carbons (Fsp3) is 0.538. The van der Waals surface area contributed by atoms with Gasteiger partial charge in [0, 0.05) is 5.54 Å². The molecule has 0 saturated heterocycles. The van der Waals surface area contributed by atoms with Crippen LogP contribution in [0.4, 0.5) is 4.39 Å². The number of hydrogen-bond donors (Lipinski definition) is 1. The van der Waals surface area contributed by atoms with Crippen molar-refractivity contribution in [2.75, 3.05) is 14.2 Å². The fourth-order valence-corrected chi connectivity index (χ4v) is 2.06. The summed E-state index contributed by atoms with van der Waals surface area (Å²) >= 11 is 0. The number of halogens is 1. The van der Waals surface area contributed by atoms with Crippen LogP contribution in [-0.2, 0) is 5.54 Å². The molecule has 17 heavy (non-hydrogen) atoms. The minimum Gasteiger partial charge on any atom is -0.493 e. The Morgan fingerprint density at radius 1 is 1.24 bits per heavy atom. The molecule has 0 heterocycles. The Bertz CT molecular complexity index is 428. The summed E-state index contributed by atoms with van der Waals surface area (Å²) in [5, 5.41) is 0. The molecule has 0 aromatic heterocycles. The Morgan fingerprint density at radius 3 is 2.18 bits per heavy atom. The standard InChI is InChI=1S/C13H18FNO2/c1-8(14)9-6-11(16-2)12(17-3)7-10(9)13(15)4-5-13/h6-8H,4-5,15H2,1-3H3. The zero-order chi connectivity index (χ0) is 12.6. The van der Waals surface area contributed by atoms with Crippen molar-refractivity contribution in [2.45, 2.75) is 31.5 Å². The summed E-state index contributed by atoms with van der Waals surface area (Å²) in [5.74, 6) is 1.14. The van der Waals surface area contributed by atoms with Crippen molar-refractivity contribution in [2.24, 2.45) is 5.73 Å². The molecule has 94 valence electrons. The predicted octanol–water partition coefficient (Wildman–Crippen LogP) is 2.68. The molecule has 4 heteroatoms. The van der Waals surface area contributed by atoms with Crippen molar-refractivity contribution in [3.63, 3.8) is 0 Å². The van der Waals surface area contributed by atoms with Crippen molar-refractivity contribution >= 4 is 0 Å². The molecule has 1 saturated carbocycles. The summed E-state index contributed by atoms with van der Waals surface area (Å²) in [6.45, 7) is 1.51. The summed E-state index contributed by atoms with van der Waals surface area (Å²) in [4.78, 5) is 0. The number of ether oxygens (including phenoxy) is 2. The van der Waals surface area contributed by atoms with Gasteiger partial charge in [0.15, 0.2) is 11.5 Å². The van der Waals surface area contributed by atoms with E-state index in [1.807, 2.05) is 0 Å². The lowest BCUT2D eigenvalue weighted by Gasteiger charge is -2.19. The van der Waals surface area contributed by atoms with Crippen molar-refractivity contribution in [3.8, 4) is 11.5 Å². The summed E-state index contributed by atoms with van der Waals surface area (Å²) < 4.78 is 24.1. The number of nitrogens with two attached hydrogens (primary N) is 1. The Balaban J connectivity index is 2.55. The van der Waals surface area contributed by atoms with Crippen molar-refractivity contribution in [1.29, 1.82) is 0 Å². The molecule has 1 fully saturated rings. The average Bonchev–Trinajstić information content (AvgIpc) is 3.06. The normalized spacial score (nSPS) is 18.6. The Morgan fingerprint density at radius 2 is 1.76 bits per heavy atom. The molecule has 0 spiro atoms. The largest absolute Gasteiger partial charge is 0.493 e. The molecule has 1 unspecified atom stereocenters. The molecule has 0 bridgehead atoms. The zero-order valence-corrected chi connectivity index (χ0v) is 10.4. The first-order valence-corrected chi connectivity index (χ1v) is 5.71. The minimum atomic E-state index is -1.06. The van der Waals surface area contributed by atoms with Crippen molar-refractivity contribution in [1.82, 2.24) is 0 Å². The molecule has 1 aromatic carbocycles. The van der Waals surface area contributed by atoms with Gasteiger partial charge in [-0.3, -0.25) is 0 Å². The second kappa shape index (κ2) is 4.18. The van der Waals surface area contributed by atoms with E-state index >= 15 is 0 Å². The van der Waals surface area contributed by atoms with E-state index in [2.05, 4.69) is 0 Å². The lowest BCUT2D eigenvalue weighted by molar-refractivity contribution is 0.344. The fourth-order valence-electron chi connectivity index (χ4n) is 2.06. The topological polar surface area (TPSA) is 44.5 Å². The van der Waals surface area contributed by atoms with Crippen LogP contribution in [0.15, 0.2) is 12.1 Å². The number of methoxy groups -OCH3 is 2. The third-order valence-corrected chi connectivity index (χ3v) is 3.31. The molecule has 1 aromatic rings. The van der Waals surface area contributed by atoms with Crippen LogP contribution < -0.4 is 15.2 Å². The van der Waals surface area contributed by atoms with Crippen LogP contribution in [0.5, 0.6) is 11.5 Å². The first-order valence-electron chi connectivity index (χ1n) is 5.71. The molecule has 0 aliphatic heterocycles. The van der Waals surface area contributed by atoms with Crippen LogP contribution in [0.1, 0.15) is 37.1 Å². The molecule has 0 amide bonds. The highest BCUT2D eigenvalue weighted by Gasteiger charge is 2.42. The van der Waals surface area contributed by atoms with Gasteiger partial charge in [-0.15, -0.1) is 0 Å². The van der Waals surface area contributed by atoms with Crippen LogP contribution in [0.3, 0.4) is 0 Å². The smallest absolute Gasteiger partial charge is 0.161 e. The molecular weight excluding hydrogens is 221 g/mol. The van der Waals surface area contributed by atoms with Crippen molar-refractivity contribution < 1.29 is 13.9 Å². The van der Waals surface area contributed by atoms with Gasteiger partial charge in [0.05, 0.1) is 14.2 Å². The maximum absolute atomic E-state index is 13.7. The highest BCUT2D eigenvalue weighted by molar-refractivity contribution is 5.51. The molecule has 2 N–H and O–H groups in total. The van der Waals surface area contributed by atoms with Gasteiger partial charge in [-0.2, -0.15) is 0 Å². The number of rotatable bonds is 4. The van der Waals surface area contributed by atoms with Crippen LogP contribution in [0, 0.1) is 0 Å². The van der Waals surface area contributed by atoms with Crippen LogP contribution >= 0.6 is 0 Å². The van der Waals surface area contributed by atoms with Gasteiger partial charge in [-0.25, -0.2) is 4.39 Å². The molecule has 2 rings (SSSR count). The van der Waals surface area contributed by atoms with Gasteiger partial charge in [0.25, 0.3) is 0 Å². The van der Waals surface area contributed by atoms with Crippen LogP contribution in [-0.4, -0.2) is 14.2 Å². The first-order chi connectivity index (χ1) is 8.01. The van der Waals surface area contributed by atoms with Gasteiger partial charge in [0.2, 0.25) is 0 Å². The maximum atomic E-state index is 13.7. The Hall–Kier alpha value is -1.29. The van der Waals surface area contributed by atoms with E-state index < -0.39 is 6.17 Å². The molecular formula is C13H18FNO2. The highest BCUT2D eigenvalue weighted by atomic mass is 19.1. The van der Waals surface area contributed by atoms with Gasteiger partial charge >= 0.3 is 0 Å². The minimum absolute atomic E-state index is 0.380. The SMILES string of the molecule is COc1cc(C(C)F)c(C2(N)CC2)cc1OC. The van der Waals surface area contributed by atoms with Gasteiger partial charge in [-0.05, 0) is 43.0 Å². The summed E-state index contributed by atoms with van der Waals surface area (Å²) in [5.41, 5.74) is 7.22. The Labute approximate surface area is 101 Å². The lowest BCUT2D eigenvalue weighted by Crippen LogP contribution is -2.21. The molecule has 1 aliphatic rings. The van der Waals surface area contributed by atoms with Gasteiger partial charge in [0.1, 0.15) is 6.17 Å². The van der Waals surface area contributed by atoms with Gasteiger partial charge in [-0.1, -0.05) is 0 Å². The zero-order valence-electron chi connectivity index (χ0n) is 10.4. The quantitative estimate of drug-likeness (QED) is 0.878. The monoisotopic (exact) mass is 239 g/mol. The van der Waals surface area contributed by atoms with Crippen LogP contribution in [0.25, 0.3) is 0 Å². The summed E-state index contributed by atoms with van der Waals surface area (Å²) in [6.07, 6.45) is 0.718. The van der Waals surface area contributed by atoms with E-state index in [1.54, 1.807) is 26.4 Å². The first kappa shape index (κ1) is 12.2. The number of benzene rings is 1. The Kier molecular flexibility index (Phi) is 3.00. The third-order valence-electron chi connectivity index (χ3n) is 3.31. The second-order valence-corrected chi connectivity index (χ2v) is 4.57. The number of hydrogen-bond acceptors (Lipinski definition) is 3. The van der Waals surface area contributed by atoms with E-state index in [-0.39, 0.29) is 5.54 Å². The average molecular weight is 239 g/mol. The highest BCUT2D eigenvalue weighted by Crippen LogP contribution is 2.48. The lowest BCUT2D eigenvalue weighted by atomic mass is 9.95. The summed E-state index contributed by atoms with van der Waals surface area (Å²) in [7, 11) is 3.11. The van der Waals surface area contributed by atoms with E-state index in [9.17, 15) is 4.39 Å². The van der Waals surface area contributed by atoms with E-state index in [0.29, 0.717) is 17.1 Å².